The van der Waals surface area contributed by atoms with Crippen LogP contribution in [0, 0.1) is 16.7 Å². The zero-order valence-electron chi connectivity index (χ0n) is 11.1. The van der Waals surface area contributed by atoms with Crippen LogP contribution in [0.2, 0.25) is 0 Å². The molecule has 0 saturated carbocycles. The number of esters is 1. The Morgan fingerprint density at radius 2 is 2.21 bits per heavy atom. The van der Waals surface area contributed by atoms with Gasteiger partial charge < -0.3 is 10.5 Å². The minimum Gasteiger partial charge on any atom is -0.462 e. The Hall–Kier alpha value is -1.54. The Labute approximate surface area is 121 Å². The lowest BCUT2D eigenvalue weighted by molar-refractivity contribution is 0.0490. The molecule has 5 heteroatoms. The lowest BCUT2D eigenvalue weighted by Crippen LogP contribution is -2.12. The lowest BCUT2D eigenvalue weighted by atomic mass is 9.90. The van der Waals surface area contributed by atoms with Crippen LogP contribution in [0.4, 0.5) is 5.69 Å². The maximum absolute atomic E-state index is 11.8. The smallest absolute Gasteiger partial charge is 0.339 e. The summed E-state index contributed by atoms with van der Waals surface area (Å²) in [7, 11) is 0. The third kappa shape index (κ3) is 4.56. The molecule has 0 aliphatic heterocycles. The molecule has 0 atom stereocenters. The van der Waals surface area contributed by atoms with Crippen LogP contribution in [0.3, 0.4) is 0 Å². The Bertz CT molecular complexity index is 507. The summed E-state index contributed by atoms with van der Waals surface area (Å²) >= 11 is 3.26. The number of hydrogen-bond donors (Lipinski definition) is 1. The highest BCUT2D eigenvalue weighted by atomic mass is 79.9. The second-order valence-corrected chi connectivity index (χ2v) is 5.74. The minimum absolute atomic E-state index is 0.297. The molecule has 102 valence electrons. The second-order valence-electron chi connectivity index (χ2n) is 4.94. The van der Waals surface area contributed by atoms with E-state index in [0.717, 1.165) is 0 Å². The molecule has 1 rings (SSSR count). The Morgan fingerprint density at radius 1 is 1.53 bits per heavy atom. The molecule has 19 heavy (non-hydrogen) atoms. The van der Waals surface area contributed by atoms with Crippen LogP contribution < -0.4 is 5.73 Å². The van der Waals surface area contributed by atoms with Crippen LogP contribution in [0.15, 0.2) is 22.7 Å². The van der Waals surface area contributed by atoms with Crippen LogP contribution in [0.1, 0.15) is 37.0 Å². The van der Waals surface area contributed by atoms with Crippen LogP contribution in [0.25, 0.3) is 0 Å². The topological polar surface area (TPSA) is 76.1 Å². The molecule has 0 aromatic heterocycles. The number of ether oxygens (including phenoxy) is 1. The normalized spacial score (nSPS) is 10.8. The quantitative estimate of drug-likeness (QED) is 0.510. The molecule has 0 amide bonds. The van der Waals surface area contributed by atoms with Crippen LogP contribution >= 0.6 is 15.9 Å². The fourth-order valence-corrected chi connectivity index (χ4v) is 1.95. The first kappa shape index (κ1) is 15.5. The van der Waals surface area contributed by atoms with Crippen molar-refractivity contribution in [2.75, 3.05) is 12.3 Å². The standard InChI is InChI=1S/C14H17BrN2O2/c1-14(2,9-16)7-4-8-19-13(18)10-5-3-6-11(17)12(10)15/h3,5-6H,4,7-8,17H2,1-2H3. The summed E-state index contributed by atoms with van der Waals surface area (Å²) in [5.41, 5.74) is 6.23. The van der Waals surface area contributed by atoms with Gasteiger partial charge in [-0.15, -0.1) is 0 Å². The van der Waals surface area contributed by atoms with Crippen LogP contribution in [-0.4, -0.2) is 12.6 Å². The average molecular weight is 325 g/mol. The summed E-state index contributed by atoms with van der Waals surface area (Å²) in [5, 5.41) is 8.87. The number of nitrogens with two attached hydrogens (primary N) is 1. The van der Waals surface area contributed by atoms with Gasteiger partial charge in [-0.3, -0.25) is 0 Å². The number of carbonyl (C=O) groups excluding carboxylic acids is 1. The molecule has 0 bridgehead atoms. The van der Waals surface area contributed by atoms with E-state index < -0.39 is 5.97 Å². The molecule has 0 spiro atoms. The molecule has 1 aromatic rings. The average Bonchev–Trinajstić information content (AvgIpc) is 2.37. The molecule has 0 heterocycles. The number of rotatable bonds is 5. The van der Waals surface area contributed by atoms with Gasteiger partial charge in [0.15, 0.2) is 0 Å². The van der Waals surface area contributed by atoms with E-state index in [9.17, 15) is 4.79 Å². The number of nitriles is 1. The lowest BCUT2D eigenvalue weighted by Gasteiger charge is -2.14. The molecular weight excluding hydrogens is 308 g/mol. The molecule has 0 radical (unpaired) electrons. The monoisotopic (exact) mass is 324 g/mol. The highest BCUT2D eigenvalue weighted by molar-refractivity contribution is 9.10. The fourth-order valence-electron chi connectivity index (χ4n) is 1.52. The largest absolute Gasteiger partial charge is 0.462 e. The third-order valence-electron chi connectivity index (χ3n) is 2.73. The first-order valence-corrected chi connectivity index (χ1v) is 6.79. The number of benzene rings is 1. The van der Waals surface area contributed by atoms with Crippen molar-refractivity contribution in [2.24, 2.45) is 5.41 Å². The molecule has 0 aliphatic carbocycles. The highest BCUT2D eigenvalue weighted by Gasteiger charge is 2.17. The number of hydrogen-bond acceptors (Lipinski definition) is 4. The molecule has 1 aromatic carbocycles. The summed E-state index contributed by atoms with van der Waals surface area (Å²) in [6.45, 7) is 4.03. The van der Waals surface area contributed by atoms with Gasteiger partial charge in [-0.1, -0.05) is 6.07 Å². The second kappa shape index (κ2) is 6.58. The summed E-state index contributed by atoms with van der Waals surface area (Å²) in [6, 6.07) is 7.28. The van der Waals surface area contributed by atoms with Gasteiger partial charge in [-0.2, -0.15) is 5.26 Å². The molecule has 0 saturated heterocycles. The van der Waals surface area contributed by atoms with Crippen molar-refractivity contribution in [2.45, 2.75) is 26.7 Å². The first-order valence-electron chi connectivity index (χ1n) is 6.00. The van der Waals surface area contributed by atoms with Crippen molar-refractivity contribution in [3.8, 4) is 6.07 Å². The van der Waals surface area contributed by atoms with Gasteiger partial charge >= 0.3 is 5.97 Å². The number of anilines is 1. The van der Waals surface area contributed by atoms with Gasteiger partial charge in [0, 0.05) is 5.69 Å². The SMILES string of the molecule is CC(C)(C#N)CCCOC(=O)c1cccc(N)c1Br. The molecule has 0 unspecified atom stereocenters. The van der Waals surface area contributed by atoms with Crippen molar-refractivity contribution >= 4 is 27.6 Å². The summed E-state index contributed by atoms with van der Waals surface area (Å²) in [6.07, 6.45) is 1.35. The van der Waals surface area contributed by atoms with Gasteiger partial charge in [-0.05, 0) is 54.8 Å². The maximum Gasteiger partial charge on any atom is 0.339 e. The predicted molar refractivity (Wildman–Crippen MR) is 77.5 cm³/mol. The van der Waals surface area contributed by atoms with Gasteiger partial charge in [0.25, 0.3) is 0 Å². The van der Waals surface area contributed by atoms with Gasteiger partial charge in [0.05, 0.1) is 28.1 Å². The minimum atomic E-state index is -0.408. The van der Waals surface area contributed by atoms with Crippen LogP contribution in [0.5, 0.6) is 0 Å². The zero-order valence-corrected chi connectivity index (χ0v) is 12.7. The van der Waals surface area contributed by atoms with Gasteiger partial charge in [0.2, 0.25) is 0 Å². The summed E-state index contributed by atoms with van der Waals surface area (Å²) in [5.74, 6) is -0.408. The molecule has 0 fully saturated rings. The van der Waals surface area contributed by atoms with E-state index in [1.54, 1.807) is 18.2 Å². The van der Waals surface area contributed by atoms with Crippen molar-refractivity contribution < 1.29 is 9.53 Å². The Morgan fingerprint density at radius 3 is 2.84 bits per heavy atom. The Kier molecular flexibility index (Phi) is 5.37. The maximum atomic E-state index is 11.8. The third-order valence-corrected chi connectivity index (χ3v) is 3.62. The number of halogens is 1. The van der Waals surface area contributed by atoms with E-state index in [1.165, 1.54) is 0 Å². The molecule has 0 aliphatic rings. The molecule has 4 nitrogen and oxygen atoms in total. The van der Waals surface area contributed by atoms with E-state index >= 15 is 0 Å². The van der Waals surface area contributed by atoms with E-state index in [0.29, 0.717) is 35.2 Å². The van der Waals surface area contributed by atoms with E-state index in [4.69, 9.17) is 15.7 Å². The molecule has 2 N–H and O–H groups in total. The van der Waals surface area contributed by atoms with Crippen molar-refractivity contribution in [1.82, 2.24) is 0 Å². The van der Waals surface area contributed by atoms with Crippen molar-refractivity contribution in [1.29, 1.82) is 5.26 Å². The summed E-state index contributed by atoms with van der Waals surface area (Å²) in [4.78, 5) is 11.8. The first-order chi connectivity index (χ1) is 8.87. The predicted octanol–water partition coefficient (Wildman–Crippen LogP) is 3.52. The fraction of sp³-hybridized carbons (Fsp3) is 0.429. The number of nitrogens with zero attached hydrogens (tertiary/aromatic N) is 1. The van der Waals surface area contributed by atoms with Crippen molar-refractivity contribution in [3.05, 3.63) is 28.2 Å². The van der Waals surface area contributed by atoms with Gasteiger partial charge in [-0.25, -0.2) is 4.79 Å². The zero-order chi connectivity index (χ0) is 14.5. The van der Waals surface area contributed by atoms with E-state index in [-0.39, 0.29) is 5.41 Å². The van der Waals surface area contributed by atoms with E-state index in [2.05, 4.69) is 22.0 Å². The summed E-state index contributed by atoms with van der Waals surface area (Å²) < 4.78 is 5.72. The highest BCUT2D eigenvalue weighted by Crippen LogP contribution is 2.25. The van der Waals surface area contributed by atoms with Crippen LogP contribution in [-0.2, 0) is 4.74 Å². The Balaban J connectivity index is 2.49. The number of carbonyl (C=O) groups is 1. The molecular formula is C14H17BrN2O2. The van der Waals surface area contributed by atoms with Gasteiger partial charge in [0.1, 0.15) is 0 Å². The van der Waals surface area contributed by atoms with E-state index in [1.807, 2.05) is 13.8 Å². The van der Waals surface area contributed by atoms with Crippen molar-refractivity contribution in [3.63, 3.8) is 0 Å². The number of nitrogen functional groups attached to an aromatic ring is 1.